The van der Waals surface area contributed by atoms with Crippen LogP contribution in [0.2, 0.25) is 5.02 Å². The zero-order chi connectivity index (χ0) is 21.0. The highest BCUT2D eigenvalue weighted by molar-refractivity contribution is 6.49. The van der Waals surface area contributed by atoms with Crippen LogP contribution in [0.5, 0.6) is 0 Å². The number of alkyl halides is 2. The molecule has 10 heteroatoms. The minimum absolute atomic E-state index is 0.0774. The summed E-state index contributed by atoms with van der Waals surface area (Å²) in [6, 6.07) is 9.71. The smallest absolute Gasteiger partial charge is 0.253 e. The van der Waals surface area contributed by atoms with E-state index in [0.29, 0.717) is 16.3 Å². The number of nitrogens with one attached hydrogen (secondary N) is 3. The lowest BCUT2D eigenvalue weighted by atomic mass is 10.1. The molecule has 0 saturated carbocycles. The van der Waals surface area contributed by atoms with E-state index >= 15 is 0 Å². The molecule has 0 aliphatic heterocycles. The van der Waals surface area contributed by atoms with Crippen LogP contribution >= 0.6 is 34.8 Å². The van der Waals surface area contributed by atoms with E-state index in [1.807, 2.05) is 0 Å². The molecule has 0 aliphatic carbocycles. The third kappa shape index (κ3) is 5.26. The largest absolute Gasteiger partial charge is 0.377 e. The summed E-state index contributed by atoms with van der Waals surface area (Å²) >= 11 is 18.3. The van der Waals surface area contributed by atoms with Gasteiger partial charge in [0.1, 0.15) is 11.4 Å². The van der Waals surface area contributed by atoms with Crippen LogP contribution < -0.4 is 26.8 Å². The highest BCUT2D eigenvalue weighted by atomic mass is 35.5. The van der Waals surface area contributed by atoms with Crippen LogP contribution in [0, 0.1) is 0 Å². The molecule has 2 aromatic carbocycles. The Morgan fingerprint density at radius 1 is 1.00 bits per heavy atom. The Morgan fingerprint density at radius 2 is 1.69 bits per heavy atom. The molecule has 0 radical (unpaired) electrons. The summed E-state index contributed by atoms with van der Waals surface area (Å²) in [6.07, 6.45) is 3.10. The Labute approximate surface area is 180 Å². The normalized spacial score (nSPS) is 11.3. The number of carbonyl (C=O) groups excluding carboxylic acids is 1. The Hall–Kier alpha value is -2.61. The summed E-state index contributed by atoms with van der Waals surface area (Å²) in [5, 5.41) is 8.74. The fraction of sp³-hybridized carbons (Fsp3) is 0.158. The molecule has 0 atom stereocenters. The van der Waals surface area contributed by atoms with Gasteiger partial charge >= 0.3 is 0 Å². The van der Waals surface area contributed by atoms with Crippen LogP contribution in [0.15, 0.2) is 58.4 Å². The first kappa shape index (κ1) is 21.1. The molecule has 1 amide bonds. The maximum Gasteiger partial charge on any atom is 0.253 e. The standard InChI is InChI=1S/C19H15Cl3N4O3/c20-12-5-3-11(4-6-12)18(29)25-10-19(21,22)9-24-14-15(17(28)16(14)27)26-13-2-1-7-23-8-13/h1-8,24,26H,9-10H2,(H,25,29). The molecule has 0 unspecified atom stereocenters. The lowest BCUT2D eigenvalue weighted by molar-refractivity contribution is 0.0952. The first-order chi connectivity index (χ1) is 13.8. The zero-order valence-electron chi connectivity index (χ0n) is 14.8. The van der Waals surface area contributed by atoms with Gasteiger partial charge < -0.3 is 16.0 Å². The fourth-order valence-corrected chi connectivity index (χ4v) is 2.85. The van der Waals surface area contributed by atoms with Gasteiger partial charge in [0.2, 0.25) is 0 Å². The molecule has 3 rings (SSSR count). The van der Waals surface area contributed by atoms with Crippen LogP contribution in [0.3, 0.4) is 0 Å². The molecule has 7 nitrogen and oxygen atoms in total. The maximum atomic E-state index is 12.1. The van der Waals surface area contributed by atoms with Crippen molar-refractivity contribution in [1.82, 2.24) is 10.3 Å². The van der Waals surface area contributed by atoms with Crippen LogP contribution in [-0.4, -0.2) is 28.3 Å². The second kappa shape index (κ2) is 8.82. The van der Waals surface area contributed by atoms with Gasteiger partial charge in [-0.2, -0.15) is 0 Å². The monoisotopic (exact) mass is 452 g/mol. The Morgan fingerprint density at radius 3 is 2.34 bits per heavy atom. The molecule has 0 spiro atoms. The average molecular weight is 454 g/mol. The van der Waals surface area contributed by atoms with Gasteiger partial charge in [0.25, 0.3) is 16.8 Å². The van der Waals surface area contributed by atoms with Crippen LogP contribution in [-0.2, 0) is 0 Å². The Balaban J connectivity index is 1.58. The van der Waals surface area contributed by atoms with Gasteiger partial charge in [-0.1, -0.05) is 34.8 Å². The average Bonchev–Trinajstić information content (AvgIpc) is 2.72. The number of anilines is 3. The number of hydrogen-bond donors (Lipinski definition) is 3. The lowest BCUT2D eigenvalue weighted by Crippen LogP contribution is -2.43. The SMILES string of the molecule is O=C(NCC(Cl)(Cl)CNc1c(Nc2cccnc2)c(=O)c1=O)c1ccc(Cl)cc1. The van der Waals surface area contributed by atoms with Crippen molar-refractivity contribution in [1.29, 1.82) is 0 Å². The summed E-state index contributed by atoms with van der Waals surface area (Å²) in [6.45, 7) is -0.172. The van der Waals surface area contributed by atoms with E-state index in [2.05, 4.69) is 20.9 Å². The van der Waals surface area contributed by atoms with E-state index in [-0.39, 0.29) is 30.4 Å². The molecule has 1 heterocycles. The summed E-state index contributed by atoms with van der Waals surface area (Å²) < 4.78 is -1.42. The van der Waals surface area contributed by atoms with Gasteiger partial charge in [-0.25, -0.2) is 0 Å². The quantitative estimate of drug-likeness (QED) is 0.358. The van der Waals surface area contributed by atoms with Crippen LogP contribution in [0.4, 0.5) is 17.1 Å². The predicted octanol–water partition coefficient (Wildman–Crippen LogP) is 3.09. The molecule has 0 saturated heterocycles. The van der Waals surface area contributed by atoms with Crippen LogP contribution in [0.1, 0.15) is 10.4 Å². The highest BCUT2D eigenvalue weighted by Crippen LogP contribution is 2.24. The molecular weight excluding hydrogens is 439 g/mol. The Bertz CT molecular complexity index is 1080. The zero-order valence-corrected chi connectivity index (χ0v) is 17.1. The lowest BCUT2D eigenvalue weighted by Gasteiger charge is -2.23. The van der Waals surface area contributed by atoms with Gasteiger partial charge in [0.05, 0.1) is 18.4 Å². The first-order valence-electron chi connectivity index (χ1n) is 8.43. The highest BCUT2D eigenvalue weighted by Gasteiger charge is 2.28. The van der Waals surface area contributed by atoms with Crippen molar-refractivity contribution in [3.05, 3.63) is 79.8 Å². The molecule has 3 aromatic rings. The molecular formula is C19H15Cl3N4O3. The van der Waals surface area contributed by atoms with Gasteiger partial charge in [0.15, 0.2) is 4.33 Å². The van der Waals surface area contributed by atoms with Crippen molar-refractivity contribution < 1.29 is 4.79 Å². The molecule has 0 fully saturated rings. The molecule has 0 bridgehead atoms. The van der Waals surface area contributed by atoms with E-state index in [9.17, 15) is 14.4 Å². The van der Waals surface area contributed by atoms with Crippen molar-refractivity contribution >= 4 is 57.8 Å². The molecule has 0 aliphatic rings. The maximum absolute atomic E-state index is 12.1. The molecule has 29 heavy (non-hydrogen) atoms. The van der Waals surface area contributed by atoms with Gasteiger partial charge in [-0.15, -0.1) is 0 Å². The number of aromatic nitrogens is 1. The first-order valence-corrected chi connectivity index (χ1v) is 9.56. The number of nitrogens with zero attached hydrogens (tertiary/aromatic N) is 1. The van der Waals surface area contributed by atoms with E-state index in [1.165, 1.54) is 6.20 Å². The number of halogens is 3. The summed E-state index contributed by atoms with van der Waals surface area (Å²) in [7, 11) is 0. The molecule has 150 valence electrons. The third-order valence-corrected chi connectivity index (χ3v) is 4.77. The Kier molecular flexibility index (Phi) is 6.42. The minimum atomic E-state index is -1.42. The second-order valence-corrected chi connectivity index (χ2v) is 8.25. The van der Waals surface area contributed by atoms with Crippen molar-refractivity contribution in [2.45, 2.75) is 4.33 Å². The van der Waals surface area contributed by atoms with E-state index in [1.54, 1.807) is 42.6 Å². The minimum Gasteiger partial charge on any atom is -0.377 e. The fourth-order valence-electron chi connectivity index (χ4n) is 2.45. The van der Waals surface area contributed by atoms with Crippen LogP contribution in [0.25, 0.3) is 0 Å². The van der Waals surface area contributed by atoms with Crippen molar-refractivity contribution in [3.63, 3.8) is 0 Å². The van der Waals surface area contributed by atoms with Crippen molar-refractivity contribution in [2.75, 3.05) is 23.7 Å². The number of pyridine rings is 1. The summed E-state index contributed by atoms with van der Waals surface area (Å²) in [5.74, 6) is -0.375. The number of carbonyl (C=O) groups is 1. The number of amides is 1. The molecule has 3 N–H and O–H groups in total. The summed E-state index contributed by atoms with van der Waals surface area (Å²) in [5.41, 5.74) is -0.184. The van der Waals surface area contributed by atoms with Gasteiger partial charge in [0, 0.05) is 23.3 Å². The van der Waals surface area contributed by atoms with Gasteiger partial charge in [-0.05, 0) is 36.4 Å². The summed E-state index contributed by atoms with van der Waals surface area (Å²) in [4.78, 5) is 39.8. The van der Waals surface area contributed by atoms with E-state index in [0.717, 1.165) is 0 Å². The van der Waals surface area contributed by atoms with E-state index in [4.69, 9.17) is 34.8 Å². The number of hydrogen-bond acceptors (Lipinski definition) is 6. The predicted molar refractivity (Wildman–Crippen MR) is 116 cm³/mol. The second-order valence-electron chi connectivity index (χ2n) is 6.17. The molecule has 1 aromatic heterocycles. The van der Waals surface area contributed by atoms with Crippen molar-refractivity contribution in [3.8, 4) is 0 Å². The van der Waals surface area contributed by atoms with Gasteiger partial charge in [-0.3, -0.25) is 19.4 Å². The number of benzene rings is 1. The third-order valence-electron chi connectivity index (χ3n) is 3.98. The van der Waals surface area contributed by atoms with E-state index < -0.39 is 15.2 Å². The number of rotatable bonds is 8. The van der Waals surface area contributed by atoms with Crippen molar-refractivity contribution in [2.24, 2.45) is 0 Å². The topological polar surface area (TPSA) is 100 Å².